The number of nitrogens with zero attached hydrogens (tertiary/aromatic N) is 1. The van der Waals surface area contributed by atoms with Crippen LogP contribution in [0.15, 0.2) is 47.1 Å². The summed E-state index contributed by atoms with van der Waals surface area (Å²) in [4.78, 5) is 25.2. The maximum atomic E-state index is 11.9. The largest absolute Gasteiger partial charge is 0.467 e. The molecule has 0 aliphatic carbocycles. The minimum absolute atomic E-state index is 0.0744. The summed E-state index contributed by atoms with van der Waals surface area (Å²) in [5.74, 6) is 0.545. The van der Waals surface area contributed by atoms with Gasteiger partial charge >= 0.3 is 0 Å². The molecule has 24 heavy (non-hydrogen) atoms. The van der Waals surface area contributed by atoms with Crippen molar-refractivity contribution in [1.29, 1.82) is 0 Å². The first-order chi connectivity index (χ1) is 11.5. The zero-order chi connectivity index (χ0) is 17.4. The Kier molecular flexibility index (Phi) is 6.88. The van der Waals surface area contributed by atoms with E-state index in [0.717, 1.165) is 12.0 Å². The lowest BCUT2D eigenvalue weighted by atomic mass is 10.1. The molecule has 0 saturated carbocycles. The quantitative estimate of drug-likeness (QED) is 0.797. The molecule has 0 aliphatic rings. The fourth-order valence-electron chi connectivity index (χ4n) is 2.26. The van der Waals surface area contributed by atoms with Gasteiger partial charge in [0.1, 0.15) is 5.76 Å². The summed E-state index contributed by atoms with van der Waals surface area (Å²) in [5.41, 5.74) is 1.11. The van der Waals surface area contributed by atoms with Crippen LogP contribution in [0.4, 0.5) is 0 Å². The Balaban J connectivity index is 1.70. The Morgan fingerprint density at radius 1 is 1.21 bits per heavy atom. The van der Waals surface area contributed by atoms with E-state index in [-0.39, 0.29) is 18.2 Å². The first-order valence-corrected chi connectivity index (χ1v) is 8.21. The van der Waals surface area contributed by atoms with Crippen molar-refractivity contribution in [3.8, 4) is 0 Å². The van der Waals surface area contributed by atoms with E-state index < -0.39 is 0 Å². The van der Waals surface area contributed by atoms with Gasteiger partial charge in [0.15, 0.2) is 0 Å². The molecule has 0 bridgehead atoms. The van der Waals surface area contributed by atoms with Crippen LogP contribution in [0.1, 0.15) is 24.7 Å². The van der Waals surface area contributed by atoms with Gasteiger partial charge in [0.2, 0.25) is 11.8 Å². The summed E-state index contributed by atoms with van der Waals surface area (Å²) in [6, 6.07) is 11.1. The molecule has 0 radical (unpaired) electrons. The fourth-order valence-corrected chi connectivity index (χ4v) is 2.39. The SMILES string of the molecule is CC(=O)N(CCC(=O)NCCc1ccc(Cl)cc1)Cc1ccco1. The second kappa shape index (κ2) is 9.13. The van der Waals surface area contributed by atoms with E-state index in [2.05, 4.69) is 5.32 Å². The lowest BCUT2D eigenvalue weighted by Gasteiger charge is -2.19. The van der Waals surface area contributed by atoms with E-state index >= 15 is 0 Å². The number of hydrogen-bond acceptors (Lipinski definition) is 3. The smallest absolute Gasteiger partial charge is 0.221 e. The number of carbonyl (C=O) groups excluding carboxylic acids is 2. The van der Waals surface area contributed by atoms with Crippen LogP contribution in [-0.2, 0) is 22.6 Å². The molecule has 0 saturated heterocycles. The van der Waals surface area contributed by atoms with Crippen molar-refractivity contribution in [1.82, 2.24) is 10.2 Å². The third-order valence-electron chi connectivity index (χ3n) is 3.63. The molecule has 0 fully saturated rings. The third kappa shape index (κ3) is 6.08. The van der Waals surface area contributed by atoms with E-state index in [4.69, 9.17) is 16.0 Å². The minimum Gasteiger partial charge on any atom is -0.467 e. The summed E-state index contributed by atoms with van der Waals surface area (Å²) in [7, 11) is 0. The van der Waals surface area contributed by atoms with Crippen LogP contribution < -0.4 is 5.32 Å². The van der Waals surface area contributed by atoms with Gasteiger partial charge in [-0.05, 0) is 36.2 Å². The molecule has 0 aliphatic heterocycles. The second-order valence-electron chi connectivity index (χ2n) is 5.50. The molecule has 1 aromatic carbocycles. The number of rotatable bonds is 8. The Hall–Kier alpha value is -2.27. The molecular formula is C18H21ClN2O3. The highest BCUT2D eigenvalue weighted by Gasteiger charge is 2.13. The first-order valence-electron chi connectivity index (χ1n) is 7.83. The van der Waals surface area contributed by atoms with Crippen molar-refractivity contribution in [2.45, 2.75) is 26.3 Å². The average molecular weight is 349 g/mol. The molecule has 5 nitrogen and oxygen atoms in total. The minimum atomic E-state index is -0.0830. The summed E-state index contributed by atoms with van der Waals surface area (Å²) in [6.45, 7) is 2.78. The number of furan rings is 1. The van der Waals surface area contributed by atoms with Crippen molar-refractivity contribution in [3.63, 3.8) is 0 Å². The molecule has 1 aromatic heterocycles. The number of halogens is 1. The Morgan fingerprint density at radius 3 is 2.58 bits per heavy atom. The zero-order valence-electron chi connectivity index (χ0n) is 13.6. The van der Waals surface area contributed by atoms with Crippen molar-refractivity contribution in [2.75, 3.05) is 13.1 Å². The maximum Gasteiger partial charge on any atom is 0.221 e. The summed E-state index contributed by atoms with van der Waals surface area (Å²) in [6.07, 6.45) is 2.57. The molecular weight excluding hydrogens is 328 g/mol. The van der Waals surface area contributed by atoms with Crippen molar-refractivity contribution < 1.29 is 14.0 Å². The number of carbonyl (C=O) groups is 2. The molecule has 0 atom stereocenters. The summed E-state index contributed by atoms with van der Waals surface area (Å²) in [5, 5.41) is 3.56. The summed E-state index contributed by atoms with van der Waals surface area (Å²) < 4.78 is 5.24. The highest BCUT2D eigenvalue weighted by Crippen LogP contribution is 2.09. The van der Waals surface area contributed by atoms with Crippen LogP contribution in [0.2, 0.25) is 5.02 Å². The van der Waals surface area contributed by atoms with E-state index in [1.165, 1.54) is 6.92 Å². The lowest BCUT2D eigenvalue weighted by molar-refractivity contribution is -0.130. The highest BCUT2D eigenvalue weighted by molar-refractivity contribution is 6.30. The lowest BCUT2D eigenvalue weighted by Crippen LogP contribution is -2.34. The van der Waals surface area contributed by atoms with Gasteiger partial charge in [0.05, 0.1) is 12.8 Å². The van der Waals surface area contributed by atoms with Gasteiger partial charge in [0.25, 0.3) is 0 Å². The molecule has 0 spiro atoms. The van der Waals surface area contributed by atoms with Crippen LogP contribution >= 0.6 is 11.6 Å². The van der Waals surface area contributed by atoms with Gasteiger partial charge in [-0.15, -0.1) is 0 Å². The standard InChI is InChI=1S/C18H21ClN2O3/c1-14(22)21(13-17-3-2-12-24-17)11-9-18(23)20-10-8-15-4-6-16(19)7-5-15/h2-7,12H,8-11,13H2,1H3,(H,20,23). The molecule has 1 N–H and O–H groups in total. The fraction of sp³-hybridized carbons (Fsp3) is 0.333. The molecule has 1 heterocycles. The molecule has 2 aromatic rings. The number of hydrogen-bond donors (Lipinski definition) is 1. The van der Waals surface area contributed by atoms with E-state index in [9.17, 15) is 9.59 Å². The highest BCUT2D eigenvalue weighted by atomic mass is 35.5. The van der Waals surface area contributed by atoms with Crippen LogP contribution in [0, 0.1) is 0 Å². The molecule has 2 rings (SSSR count). The third-order valence-corrected chi connectivity index (χ3v) is 3.88. The van der Waals surface area contributed by atoms with Gasteiger partial charge < -0.3 is 14.6 Å². The normalized spacial score (nSPS) is 10.4. The zero-order valence-corrected chi connectivity index (χ0v) is 14.4. The number of nitrogens with one attached hydrogen (secondary N) is 1. The average Bonchev–Trinajstić information content (AvgIpc) is 3.06. The van der Waals surface area contributed by atoms with Gasteiger partial charge in [-0.1, -0.05) is 23.7 Å². The maximum absolute atomic E-state index is 11.9. The molecule has 128 valence electrons. The predicted molar refractivity (Wildman–Crippen MR) is 92.6 cm³/mol. The Morgan fingerprint density at radius 2 is 1.96 bits per heavy atom. The van der Waals surface area contributed by atoms with Gasteiger partial charge in [-0.3, -0.25) is 9.59 Å². The second-order valence-corrected chi connectivity index (χ2v) is 5.93. The Labute approximate surface area is 146 Å². The summed E-state index contributed by atoms with van der Waals surface area (Å²) >= 11 is 5.83. The van der Waals surface area contributed by atoms with Gasteiger partial charge in [-0.25, -0.2) is 0 Å². The molecule has 6 heteroatoms. The van der Waals surface area contributed by atoms with Crippen LogP contribution in [0.3, 0.4) is 0 Å². The number of amides is 2. The molecule has 0 unspecified atom stereocenters. The van der Waals surface area contributed by atoms with Crippen molar-refractivity contribution in [3.05, 3.63) is 59.0 Å². The van der Waals surface area contributed by atoms with Crippen molar-refractivity contribution >= 4 is 23.4 Å². The first kappa shape index (κ1) is 18.1. The van der Waals surface area contributed by atoms with E-state index in [1.54, 1.807) is 17.2 Å². The number of benzene rings is 1. The van der Waals surface area contributed by atoms with Crippen LogP contribution in [0.5, 0.6) is 0 Å². The van der Waals surface area contributed by atoms with E-state index in [1.807, 2.05) is 30.3 Å². The van der Waals surface area contributed by atoms with Crippen LogP contribution in [0.25, 0.3) is 0 Å². The topological polar surface area (TPSA) is 62.6 Å². The van der Waals surface area contributed by atoms with Gasteiger partial charge in [0, 0.05) is 31.5 Å². The monoisotopic (exact) mass is 348 g/mol. The predicted octanol–water partition coefficient (Wildman–Crippen LogP) is 3.03. The molecule has 2 amide bonds. The Bertz CT molecular complexity index is 653. The van der Waals surface area contributed by atoms with Gasteiger partial charge in [-0.2, -0.15) is 0 Å². The van der Waals surface area contributed by atoms with Crippen molar-refractivity contribution in [2.24, 2.45) is 0 Å². The van der Waals surface area contributed by atoms with E-state index in [0.29, 0.717) is 30.4 Å². The van der Waals surface area contributed by atoms with Crippen LogP contribution in [-0.4, -0.2) is 29.8 Å².